The Labute approximate surface area is 102 Å². The molecule has 0 aliphatic heterocycles. The van der Waals surface area contributed by atoms with Gasteiger partial charge in [-0.25, -0.2) is 0 Å². The lowest BCUT2D eigenvalue weighted by Gasteiger charge is -2.11. The van der Waals surface area contributed by atoms with Crippen molar-refractivity contribution < 1.29 is 4.79 Å². The van der Waals surface area contributed by atoms with E-state index in [1.54, 1.807) is 6.20 Å². The second-order valence-electron chi connectivity index (χ2n) is 4.32. The molecule has 17 heavy (non-hydrogen) atoms. The van der Waals surface area contributed by atoms with E-state index in [4.69, 9.17) is 5.73 Å². The number of carbonyl (C=O) groups is 1. The van der Waals surface area contributed by atoms with Crippen LogP contribution < -0.4 is 11.1 Å². The van der Waals surface area contributed by atoms with Crippen molar-refractivity contribution >= 4 is 5.91 Å². The van der Waals surface area contributed by atoms with Gasteiger partial charge in [-0.3, -0.25) is 9.48 Å². The van der Waals surface area contributed by atoms with E-state index >= 15 is 0 Å². The molecule has 5 heteroatoms. The summed E-state index contributed by atoms with van der Waals surface area (Å²) in [5.74, 6) is -0.0673. The molecule has 1 heterocycles. The molecule has 0 aromatic carbocycles. The highest BCUT2D eigenvalue weighted by atomic mass is 16.2. The van der Waals surface area contributed by atoms with Crippen LogP contribution in [0.5, 0.6) is 0 Å². The number of nitrogens with zero attached hydrogens (tertiary/aromatic N) is 2. The summed E-state index contributed by atoms with van der Waals surface area (Å²) >= 11 is 0. The number of rotatable bonds is 7. The molecule has 1 aromatic heterocycles. The standard InChI is InChI=1S/C12H22N4O/c1-3-4-5-11(13)12(17)14-6-7-16-9-10(2)8-15-16/h8-9,11H,3-7,13H2,1-2H3,(H,14,17). The van der Waals surface area contributed by atoms with Gasteiger partial charge in [0.2, 0.25) is 5.91 Å². The third-order valence-electron chi connectivity index (χ3n) is 2.61. The lowest BCUT2D eigenvalue weighted by Crippen LogP contribution is -2.41. The van der Waals surface area contributed by atoms with E-state index in [-0.39, 0.29) is 11.9 Å². The van der Waals surface area contributed by atoms with E-state index in [1.165, 1.54) is 0 Å². The molecular weight excluding hydrogens is 216 g/mol. The molecule has 3 N–H and O–H groups in total. The van der Waals surface area contributed by atoms with Crippen LogP contribution in [-0.4, -0.2) is 28.3 Å². The van der Waals surface area contributed by atoms with Crippen LogP contribution in [0.2, 0.25) is 0 Å². The molecule has 0 saturated heterocycles. The van der Waals surface area contributed by atoms with Crippen molar-refractivity contribution in [3.63, 3.8) is 0 Å². The Hall–Kier alpha value is -1.36. The predicted octanol–water partition coefficient (Wildman–Crippen LogP) is 0.825. The van der Waals surface area contributed by atoms with E-state index in [0.717, 1.165) is 24.8 Å². The highest BCUT2D eigenvalue weighted by molar-refractivity contribution is 5.81. The minimum atomic E-state index is -0.380. The Morgan fingerprint density at radius 3 is 3.00 bits per heavy atom. The first kappa shape index (κ1) is 13.7. The van der Waals surface area contributed by atoms with Crippen LogP contribution in [0.4, 0.5) is 0 Å². The Balaban J connectivity index is 2.19. The summed E-state index contributed by atoms with van der Waals surface area (Å²) in [5, 5.41) is 6.97. The van der Waals surface area contributed by atoms with E-state index in [2.05, 4.69) is 17.3 Å². The lowest BCUT2D eigenvalue weighted by molar-refractivity contribution is -0.122. The summed E-state index contributed by atoms with van der Waals surface area (Å²) < 4.78 is 1.81. The quantitative estimate of drug-likeness (QED) is 0.739. The Morgan fingerprint density at radius 2 is 2.41 bits per heavy atom. The maximum absolute atomic E-state index is 11.6. The first-order chi connectivity index (χ1) is 8.13. The molecule has 5 nitrogen and oxygen atoms in total. The van der Waals surface area contributed by atoms with Gasteiger partial charge in [0.15, 0.2) is 0 Å². The van der Waals surface area contributed by atoms with E-state index < -0.39 is 0 Å². The zero-order chi connectivity index (χ0) is 12.7. The van der Waals surface area contributed by atoms with E-state index in [9.17, 15) is 4.79 Å². The number of hydrogen-bond donors (Lipinski definition) is 2. The smallest absolute Gasteiger partial charge is 0.236 e. The summed E-state index contributed by atoms with van der Waals surface area (Å²) in [7, 11) is 0. The summed E-state index contributed by atoms with van der Waals surface area (Å²) in [6.45, 7) is 5.33. The number of carbonyl (C=O) groups excluding carboxylic acids is 1. The topological polar surface area (TPSA) is 72.9 Å². The van der Waals surface area contributed by atoms with Crippen molar-refractivity contribution in [2.75, 3.05) is 6.54 Å². The van der Waals surface area contributed by atoms with Gasteiger partial charge in [0, 0.05) is 12.7 Å². The fraction of sp³-hybridized carbons (Fsp3) is 0.667. The minimum Gasteiger partial charge on any atom is -0.353 e. The van der Waals surface area contributed by atoms with E-state index in [0.29, 0.717) is 13.1 Å². The number of hydrogen-bond acceptors (Lipinski definition) is 3. The minimum absolute atomic E-state index is 0.0673. The van der Waals surface area contributed by atoms with Gasteiger partial charge in [-0.05, 0) is 18.9 Å². The number of nitrogens with two attached hydrogens (primary N) is 1. The van der Waals surface area contributed by atoms with E-state index in [1.807, 2.05) is 17.8 Å². The first-order valence-corrected chi connectivity index (χ1v) is 6.16. The normalized spacial score (nSPS) is 12.4. The van der Waals surface area contributed by atoms with Gasteiger partial charge < -0.3 is 11.1 Å². The third-order valence-corrected chi connectivity index (χ3v) is 2.61. The van der Waals surface area contributed by atoms with Gasteiger partial charge in [-0.2, -0.15) is 5.10 Å². The molecule has 1 aromatic rings. The molecule has 0 bridgehead atoms. The number of amides is 1. The molecule has 0 spiro atoms. The van der Waals surface area contributed by atoms with Crippen molar-refractivity contribution in [1.29, 1.82) is 0 Å². The molecule has 96 valence electrons. The third kappa shape index (κ3) is 4.99. The Morgan fingerprint density at radius 1 is 1.65 bits per heavy atom. The summed E-state index contributed by atoms with van der Waals surface area (Å²) in [4.78, 5) is 11.6. The molecule has 1 rings (SSSR count). The number of aromatic nitrogens is 2. The molecule has 0 radical (unpaired) electrons. The maximum Gasteiger partial charge on any atom is 0.236 e. The number of aryl methyl sites for hydroxylation is 1. The van der Waals surface area contributed by atoms with Crippen LogP contribution >= 0.6 is 0 Å². The monoisotopic (exact) mass is 238 g/mol. The average Bonchev–Trinajstić information content (AvgIpc) is 2.71. The molecule has 0 aliphatic rings. The molecule has 0 aliphatic carbocycles. The zero-order valence-corrected chi connectivity index (χ0v) is 10.6. The summed E-state index contributed by atoms with van der Waals surface area (Å²) in [5.41, 5.74) is 6.87. The second kappa shape index (κ2) is 7.06. The van der Waals surface area contributed by atoms with Crippen molar-refractivity contribution in [2.45, 2.75) is 45.7 Å². The van der Waals surface area contributed by atoms with Gasteiger partial charge in [-0.1, -0.05) is 19.8 Å². The highest BCUT2D eigenvalue weighted by Gasteiger charge is 2.11. The van der Waals surface area contributed by atoms with Crippen LogP contribution in [0.15, 0.2) is 12.4 Å². The SMILES string of the molecule is CCCCC(N)C(=O)NCCn1cc(C)cn1. The van der Waals surface area contributed by atoms with Gasteiger partial charge >= 0.3 is 0 Å². The number of unbranched alkanes of at least 4 members (excludes halogenated alkanes) is 1. The van der Waals surface area contributed by atoms with Crippen LogP contribution in [0.3, 0.4) is 0 Å². The molecule has 0 fully saturated rings. The van der Waals surface area contributed by atoms with Gasteiger partial charge in [-0.15, -0.1) is 0 Å². The first-order valence-electron chi connectivity index (χ1n) is 6.16. The molecular formula is C12H22N4O. The zero-order valence-electron chi connectivity index (χ0n) is 10.6. The summed E-state index contributed by atoms with van der Waals surface area (Å²) in [6, 6.07) is -0.380. The lowest BCUT2D eigenvalue weighted by atomic mass is 10.1. The average molecular weight is 238 g/mol. The van der Waals surface area contributed by atoms with Crippen molar-refractivity contribution in [2.24, 2.45) is 5.73 Å². The molecule has 1 amide bonds. The van der Waals surface area contributed by atoms with Gasteiger partial charge in [0.25, 0.3) is 0 Å². The second-order valence-corrected chi connectivity index (χ2v) is 4.32. The maximum atomic E-state index is 11.6. The number of nitrogens with one attached hydrogen (secondary N) is 1. The van der Waals surface area contributed by atoms with Gasteiger partial charge in [0.1, 0.15) is 0 Å². The Bertz CT molecular complexity index is 348. The van der Waals surface area contributed by atoms with Crippen molar-refractivity contribution in [1.82, 2.24) is 15.1 Å². The van der Waals surface area contributed by atoms with Gasteiger partial charge in [0.05, 0.1) is 18.8 Å². The predicted molar refractivity (Wildman–Crippen MR) is 67.5 cm³/mol. The van der Waals surface area contributed by atoms with Crippen LogP contribution in [0.1, 0.15) is 31.7 Å². The molecule has 1 atom stereocenters. The van der Waals surface area contributed by atoms with Crippen LogP contribution in [0, 0.1) is 6.92 Å². The Kier molecular flexibility index (Phi) is 5.69. The van der Waals surface area contributed by atoms with Crippen molar-refractivity contribution in [3.05, 3.63) is 18.0 Å². The molecule has 1 unspecified atom stereocenters. The largest absolute Gasteiger partial charge is 0.353 e. The fourth-order valence-corrected chi connectivity index (χ4v) is 1.57. The fourth-order valence-electron chi connectivity index (χ4n) is 1.57. The van der Waals surface area contributed by atoms with Crippen LogP contribution in [0.25, 0.3) is 0 Å². The van der Waals surface area contributed by atoms with Crippen LogP contribution in [-0.2, 0) is 11.3 Å². The summed E-state index contributed by atoms with van der Waals surface area (Å²) in [6.07, 6.45) is 6.56. The molecule has 0 saturated carbocycles. The van der Waals surface area contributed by atoms with Crippen molar-refractivity contribution in [3.8, 4) is 0 Å². The highest BCUT2D eigenvalue weighted by Crippen LogP contribution is 1.98.